The Hall–Kier alpha value is -0.380. The maximum Gasteiger partial charge on any atom is 0.0708 e. The Kier molecular flexibility index (Phi) is 4.79. The van der Waals surface area contributed by atoms with E-state index < -0.39 is 0 Å². The van der Waals surface area contributed by atoms with E-state index in [4.69, 9.17) is 4.74 Å². The van der Waals surface area contributed by atoms with Crippen molar-refractivity contribution in [1.82, 2.24) is 5.32 Å². The quantitative estimate of drug-likeness (QED) is 0.880. The van der Waals surface area contributed by atoms with Gasteiger partial charge in [-0.25, -0.2) is 0 Å². The number of nitrogens with one attached hydrogen (secondary N) is 1. The molecule has 1 aromatic rings. The second-order valence-electron chi connectivity index (χ2n) is 6.67. The van der Waals surface area contributed by atoms with E-state index in [1.54, 1.807) is 11.3 Å². The smallest absolute Gasteiger partial charge is 0.0708 e. The lowest BCUT2D eigenvalue weighted by molar-refractivity contribution is -0.0628. The molecule has 1 saturated carbocycles. The van der Waals surface area contributed by atoms with Crippen LogP contribution in [0.5, 0.6) is 0 Å². The average molecular weight is 293 g/mol. The van der Waals surface area contributed by atoms with E-state index in [0.717, 1.165) is 13.0 Å². The standard InChI is InChI=1S/C17H27NOS/c1-14(11-15-6-10-20-13-15)18-12-16-5-9-17(19-16)7-3-2-4-8-17/h6,10,13-14,16,18H,2-5,7-9,11-12H2,1H3. The van der Waals surface area contributed by atoms with Crippen molar-refractivity contribution in [2.24, 2.45) is 0 Å². The minimum atomic E-state index is 0.265. The van der Waals surface area contributed by atoms with Gasteiger partial charge in [0.2, 0.25) is 0 Å². The van der Waals surface area contributed by atoms with E-state index >= 15 is 0 Å². The van der Waals surface area contributed by atoms with Gasteiger partial charge in [-0.2, -0.15) is 11.3 Å². The van der Waals surface area contributed by atoms with Gasteiger partial charge in [0, 0.05) is 12.6 Å². The highest BCUT2D eigenvalue weighted by Gasteiger charge is 2.40. The predicted molar refractivity (Wildman–Crippen MR) is 85.4 cm³/mol. The van der Waals surface area contributed by atoms with Crippen LogP contribution in [-0.2, 0) is 11.2 Å². The van der Waals surface area contributed by atoms with Crippen LogP contribution in [0.2, 0.25) is 0 Å². The number of thiophene rings is 1. The molecule has 1 aliphatic heterocycles. The zero-order valence-electron chi connectivity index (χ0n) is 12.6. The topological polar surface area (TPSA) is 21.3 Å². The number of hydrogen-bond donors (Lipinski definition) is 1. The van der Waals surface area contributed by atoms with E-state index in [9.17, 15) is 0 Å². The Morgan fingerprint density at radius 2 is 2.20 bits per heavy atom. The van der Waals surface area contributed by atoms with Gasteiger partial charge in [0.15, 0.2) is 0 Å². The Balaban J connectivity index is 1.41. The van der Waals surface area contributed by atoms with Gasteiger partial charge < -0.3 is 10.1 Å². The molecule has 2 fully saturated rings. The van der Waals surface area contributed by atoms with Gasteiger partial charge in [0.1, 0.15) is 0 Å². The molecule has 1 saturated heterocycles. The summed E-state index contributed by atoms with van der Waals surface area (Å²) in [5.74, 6) is 0. The van der Waals surface area contributed by atoms with Crippen molar-refractivity contribution in [2.45, 2.75) is 76.0 Å². The summed E-state index contributed by atoms with van der Waals surface area (Å²) in [7, 11) is 0. The first-order chi connectivity index (χ1) is 9.76. The van der Waals surface area contributed by atoms with Crippen LogP contribution in [0.1, 0.15) is 57.4 Å². The zero-order chi connectivity index (χ0) is 13.8. The molecule has 2 aliphatic rings. The second kappa shape index (κ2) is 6.59. The van der Waals surface area contributed by atoms with Gasteiger partial charge >= 0.3 is 0 Å². The van der Waals surface area contributed by atoms with Crippen molar-refractivity contribution < 1.29 is 4.74 Å². The minimum Gasteiger partial charge on any atom is -0.370 e. The average Bonchev–Trinajstić information content (AvgIpc) is 3.08. The fourth-order valence-electron chi connectivity index (χ4n) is 3.77. The van der Waals surface area contributed by atoms with Crippen LogP contribution >= 0.6 is 11.3 Å². The van der Waals surface area contributed by atoms with Crippen LogP contribution in [0.25, 0.3) is 0 Å². The third-order valence-electron chi connectivity index (χ3n) is 4.92. The Labute approximate surface area is 126 Å². The van der Waals surface area contributed by atoms with E-state index in [0.29, 0.717) is 12.1 Å². The first-order valence-electron chi connectivity index (χ1n) is 8.18. The maximum absolute atomic E-state index is 6.42. The normalized spacial score (nSPS) is 26.9. The summed E-state index contributed by atoms with van der Waals surface area (Å²) in [6, 6.07) is 2.77. The summed E-state index contributed by atoms with van der Waals surface area (Å²) in [6.07, 6.45) is 10.9. The van der Waals surface area contributed by atoms with E-state index in [1.165, 1.54) is 50.5 Å². The van der Waals surface area contributed by atoms with Crippen molar-refractivity contribution in [3.63, 3.8) is 0 Å². The molecule has 2 nitrogen and oxygen atoms in total. The molecule has 3 heteroatoms. The molecule has 0 amide bonds. The lowest BCUT2D eigenvalue weighted by Gasteiger charge is -2.33. The molecule has 2 unspecified atom stereocenters. The van der Waals surface area contributed by atoms with Crippen LogP contribution in [0.3, 0.4) is 0 Å². The summed E-state index contributed by atoms with van der Waals surface area (Å²) >= 11 is 1.79. The Morgan fingerprint density at radius 3 is 2.95 bits per heavy atom. The Bertz CT molecular complexity index is 397. The summed E-state index contributed by atoms with van der Waals surface area (Å²) in [4.78, 5) is 0. The summed E-state index contributed by atoms with van der Waals surface area (Å²) in [6.45, 7) is 3.30. The van der Waals surface area contributed by atoms with Gasteiger partial charge in [-0.1, -0.05) is 19.3 Å². The fraction of sp³-hybridized carbons (Fsp3) is 0.765. The van der Waals surface area contributed by atoms with E-state index in [-0.39, 0.29) is 5.60 Å². The lowest BCUT2D eigenvalue weighted by Crippen LogP contribution is -2.37. The van der Waals surface area contributed by atoms with Crippen molar-refractivity contribution in [3.05, 3.63) is 22.4 Å². The molecule has 1 spiro atoms. The molecule has 0 bridgehead atoms. The van der Waals surface area contributed by atoms with Gasteiger partial charge in [0.05, 0.1) is 11.7 Å². The van der Waals surface area contributed by atoms with Gasteiger partial charge in [-0.05, 0) is 61.4 Å². The monoisotopic (exact) mass is 293 g/mol. The molecule has 0 radical (unpaired) electrons. The molecule has 1 aromatic heterocycles. The molecule has 0 aromatic carbocycles. The molecule has 3 rings (SSSR count). The molecular weight excluding hydrogens is 266 g/mol. The van der Waals surface area contributed by atoms with Gasteiger partial charge in [-0.15, -0.1) is 0 Å². The first-order valence-corrected chi connectivity index (χ1v) is 9.12. The van der Waals surface area contributed by atoms with Crippen molar-refractivity contribution in [1.29, 1.82) is 0 Å². The highest BCUT2D eigenvalue weighted by Crippen LogP contribution is 2.41. The van der Waals surface area contributed by atoms with E-state index in [2.05, 4.69) is 29.1 Å². The largest absolute Gasteiger partial charge is 0.370 e. The zero-order valence-corrected chi connectivity index (χ0v) is 13.4. The molecule has 112 valence electrons. The van der Waals surface area contributed by atoms with Crippen LogP contribution in [0.4, 0.5) is 0 Å². The van der Waals surface area contributed by atoms with Crippen LogP contribution in [0.15, 0.2) is 16.8 Å². The van der Waals surface area contributed by atoms with Crippen LogP contribution < -0.4 is 5.32 Å². The van der Waals surface area contributed by atoms with Gasteiger partial charge in [0.25, 0.3) is 0 Å². The summed E-state index contributed by atoms with van der Waals surface area (Å²) in [5.41, 5.74) is 1.72. The van der Waals surface area contributed by atoms with Crippen molar-refractivity contribution >= 4 is 11.3 Å². The highest BCUT2D eigenvalue weighted by atomic mass is 32.1. The number of rotatable bonds is 5. The second-order valence-corrected chi connectivity index (χ2v) is 7.45. The predicted octanol–water partition coefficient (Wildman–Crippen LogP) is 4.15. The molecule has 20 heavy (non-hydrogen) atoms. The Morgan fingerprint density at radius 1 is 1.35 bits per heavy atom. The third-order valence-corrected chi connectivity index (χ3v) is 5.65. The highest BCUT2D eigenvalue weighted by molar-refractivity contribution is 7.07. The minimum absolute atomic E-state index is 0.265. The van der Waals surface area contributed by atoms with E-state index in [1.807, 2.05) is 0 Å². The molecular formula is C17H27NOS. The first kappa shape index (κ1) is 14.6. The molecule has 2 heterocycles. The van der Waals surface area contributed by atoms with Gasteiger partial charge in [-0.3, -0.25) is 0 Å². The molecule has 2 atom stereocenters. The van der Waals surface area contributed by atoms with Crippen molar-refractivity contribution in [2.75, 3.05) is 6.54 Å². The number of hydrogen-bond acceptors (Lipinski definition) is 3. The maximum atomic E-state index is 6.42. The van der Waals surface area contributed by atoms with Crippen molar-refractivity contribution in [3.8, 4) is 0 Å². The lowest BCUT2D eigenvalue weighted by atomic mass is 9.83. The third kappa shape index (κ3) is 3.63. The molecule has 1 aliphatic carbocycles. The summed E-state index contributed by atoms with van der Waals surface area (Å²) in [5, 5.41) is 8.08. The van der Waals surface area contributed by atoms with Crippen LogP contribution in [0, 0.1) is 0 Å². The fourth-order valence-corrected chi connectivity index (χ4v) is 4.45. The number of ether oxygens (including phenoxy) is 1. The SMILES string of the molecule is CC(Cc1ccsc1)NCC1CCC2(CCCCC2)O1. The molecule has 1 N–H and O–H groups in total. The van der Waals surface area contributed by atoms with Crippen LogP contribution in [-0.4, -0.2) is 24.3 Å². The summed E-state index contributed by atoms with van der Waals surface area (Å²) < 4.78 is 6.42.